The molecule has 1 heterocycles. The van der Waals surface area contributed by atoms with E-state index in [9.17, 15) is 9.18 Å². The van der Waals surface area contributed by atoms with Crippen molar-refractivity contribution in [3.05, 3.63) is 30.3 Å². The van der Waals surface area contributed by atoms with Crippen LogP contribution in [0.2, 0.25) is 0 Å². The van der Waals surface area contributed by atoms with Crippen molar-refractivity contribution in [3.8, 4) is 0 Å². The molecule has 0 saturated carbocycles. The van der Waals surface area contributed by atoms with Crippen LogP contribution in [-0.4, -0.2) is 31.6 Å². The Hall–Kier alpha value is -0.861. The van der Waals surface area contributed by atoms with Gasteiger partial charge in [-0.25, -0.2) is 0 Å². The molecule has 0 unspecified atom stereocenters. The Labute approximate surface area is 100 Å². The van der Waals surface area contributed by atoms with Gasteiger partial charge in [0.2, 0.25) is 0 Å². The number of hydrogen-bond donors (Lipinski definition) is 0. The standard InChI is InChI=1S/C12H13FO2Se/c1-2-9-8-12(13,11(14)15-9)16-10-6-4-3-5-7-10/h3-7,9H,2,8H2,1H3/t9-,12-/m1/s1. The second-order valence-electron chi connectivity index (χ2n) is 3.78. The quantitative estimate of drug-likeness (QED) is 0.620. The average Bonchev–Trinajstić information content (AvgIpc) is 2.56. The van der Waals surface area contributed by atoms with Gasteiger partial charge in [0.1, 0.15) is 0 Å². The summed E-state index contributed by atoms with van der Waals surface area (Å²) in [5.74, 6) is -0.678. The first-order valence-corrected chi connectivity index (χ1v) is 6.99. The van der Waals surface area contributed by atoms with Crippen molar-refractivity contribution in [2.24, 2.45) is 0 Å². The van der Waals surface area contributed by atoms with E-state index in [1.165, 1.54) is 0 Å². The molecule has 2 atom stereocenters. The number of ether oxygens (including phenoxy) is 1. The van der Waals surface area contributed by atoms with Crippen molar-refractivity contribution < 1.29 is 13.9 Å². The molecule has 0 spiro atoms. The summed E-state index contributed by atoms with van der Waals surface area (Å²) < 4.78 is 18.5. The third-order valence-corrected chi connectivity index (χ3v) is 4.99. The van der Waals surface area contributed by atoms with Crippen LogP contribution in [0.5, 0.6) is 0 Å². The van der Waals surface area contributed by atoms with Gasteiger partial charge in [0.15, 0.2) is 0 Å². The first kappa shape index (κ1) is 11.6. The van der Waals surface area contributed by atoms with Crippen LogP contribution >= 0.6 is 0 Å². The molecular formula is C12H13FO2Se. The molecule has 1 saturated heterocycles. The Morgan fingerprint density at radius 3 is 2.75 bits per heavy atom. The molecule has 0 bridgehead atoms. The van der Waals surface area contributed by atoms with Gasteiger partial charge in [-0.1, -0.05) is 0 Å². The van der Waals surface area contributed by atoms with Gasteiger partial charge in [0.25, 0.3) is 0 Å². The van der Waals surface area contributed by atoms with Crippen molar-refractivity contribution in [2.45, 2.75) is 30.4 Å². The van der Waals surface area contributed by atoms with E-state index in [0.29, 0.717) is 6.42 Å². The van der Waals surface area contributed by atoms with Gasteiger partial charge >= 0.3 is 100 Å². The van der Waals surface area contributed by atoms with Crippen LogP contribution in [-0.2, 0) is 9.53 Å². The van der Waals surface area contributed by atoms with Gasteiger partial charge in [0, 0.05) is 0 Å². The van der Waals surface area contributed by atoms with Crippen LogP contribution in [0.15, 0.2) is 30.3 Å². The minimum absolute atomic E-state index is 0.206. The van der Waals surface area contributed by atoms with E-state index in [2.05, 4.69) is 0 Å². The van der Waals surface area contributed by atoms with E-state index < -0.39 is 25.5 Å². The van der Waals surface area contributed by atoms with Gasteiger partial charge in [-0.05, 0) is 0 Å². The fraction of sp³-hybridized carbons (Fsp3) is 0.417. The zero-order chi connectivity index (χ0) is 11.6. The number of carbonyl (C=O) groups is 1. The zero-order valence-corrected chi connectivity index (χ0v) is 10.7. The number of alkyl halides is 1. The molecule has 2 nitrogen and oxygen atoms in total. The van der Waals surface area contributed by atoms with Crippen molar-refractivity contribution in [1.82, 2.24) is 0 Å². The van der Waals surface area contributed by atoms with Gasteiger partial charge < -0.3 is 0 Å². The third-order valence-electron chi connectivity index (χ3n) is 2.55. The number of halogens is 1. The number of carbonyl (C=O) groups excluding carboxylic acids is 1. The molecule has 2 rings (SSSR count). The third kappa shape index (κ3) is 2.28. The molecule has 0 aliphatic carbocycles. The van der Waals surface area contributed by atoms with Crippen LogP contribution < -0.4 is 4.46 Å². The summed E-state index contributed by atoms with van der Waals surface area (Å²) in [6.07, 6.45) is 0.641. The Balaban J connectivity index is 2.12. The number of esters is 1. The Kier molecular flexibility index (Phi) is 3.31. The van der Waals surface area contributed by atoms with E-state index in [1.807, 2.05) is 37.3 Å². The Morgan fingerprint density at radius 1 is 1.50 bits per heavy atom. The van der Waals surface area contributed by atoms with Crippen LogP contribution in [0.4, 0.5) is 4.39 Å². The zero-order valence-electron chi connectivity index (χ0n) is 8.98. The molecule has 1 aromatic rings. The van der Waals surface area contributed by atoms with E-state index in [1.54, 1.807) is 0 Å². The summed E-state index contributed by atoms with van der Waals surface area (Å²) in [4.78, 5) is 11.5. The van der Waals surface area contributed by atoms with E-state index >= 15 is 0 Å². The summed E-state index contributed by atoms with van der Waals surface area (Å²) in [6, 6.07) is 9.31. The van der Waals surface area contributed by atoms with Gasteiger partial charge in [-0.15, -0.1) is 0 Å². The van der Waals surface area contributed by atoms with E-state index in [4.69, 9.17) is 4.74 Å². The molecule has 0 radical (unpaired) electrons. The molecule has 86 valence electrons. The monoisotopic (exact) mass is 288 g/mol. The SMILES string of the molecule is CC[C@@H]1C[C@@](F)([Se]c2ccccc2)C(=O)O1. The molecule has 1 fully saturated rings. The van der Waals surface area contributed by atoms with Crippen molar-refractivity contribution in [2.75, 3.05) is 0 Å². The second kappa shape index (κ2) is 4.56. The summed E-state index contributed by atoms with van der Waals surface area (Å²) in [5, 5.41) is 0. The van der Waals surface area contributed by atoms with Gasteiger partial charge in [0.05, 0.1) is 0 Å². The average molecular weight is 287 g/mol. The van der Waals surface area contributed by atoms with Crippen LogP contribution in [0.1, 0.15) is 19.8 Å². The first-order chi connectivity index (χ1) is 7.64. The van der Waals surface area contributed by atoms with Crippen LogP contribution in [0.25, 0.3) is 0 Å². The van der Waals surface area contributed by atoms with Gasteiger partial charge in [-0.2, -0.15) is 0 Å². The predicted molar refractivity (Wildman–Crippen MR) is 60.5 cm³/mol. The number of benzene rings is 1. The number of hydrogen-bond acceptors (Lipinski definition) is 2. The summed E-state index contributed by atoms with van der Waals surface area (Å²) in [6.45, 7) is 1.90. The maximum absolute atomic E-state index is 14.4. The van der Waals surface area contributed by atoms with Crippen molar-refractivity contribution in [3.63, 3.8) is 0 Å². The van der Waals surface area contributed by atoms with Gasteiger partial charge in [-0.3, -0.25) is 0 Å². The minimum atomic E-state index is -1.77. The van der Waals surface area contributed by atoms with Crippen molar-refractivity contribution >= 4 is 25.4 Å². The molecule has 0 N–H and O–H groups in total. The number of rotatable bonds is 3. The Bertz CT molecular complexity index is 382. The molecule has 1 aliphatic heterocycles. The summed E-state index contributed by atoms with van der Waals surface area (Å²) in [5.41, 5.74) is 0. The normalized spacial score (nSPS) is 29.1. The summed E-state index contributed by atoms with van der Waals surface area (Å²) in [7, 11) is 0. The molecule has 0 amide bonds. The van der Waals surface area contributed by atoms with Crippen LogP contribution in [0.3, 0.4) is 0 Å². The Morgan fingerprint density at radius 2 is 2.19 bits per heavy atom. The molecular weight excluding hydrogens is 274 g/mol. The maximum atomic E-state index is 14.4. The fourth-order valence-corrected chi connectivity index (χ4v) is 3.88. The number of cyclic esters (lactones) is 1. The molecule has 1 aromatic carbocycles. The summed E-state index contributed by atoms with van der Waals surface area (Å²) >= 11 is -0.505. The molecule has 1 aliphatic rings. The second-order valence-corrected chi connectivity index (χ2v) is 6.56. The molecule has 4 heteroatoms. The van der Waals surface area contributed by atoms with E-state index in [0.717, 1.165) is 4.46 Å². The fourth-order valence-electron chi connectivity index (χ4n) is 1.64. The topological polar surface area (TPSA) is 26.3 Å². The first-order valence-electron chi connectivity index (χ1n) is 5.28. The molecule has 0 aromatic heterocycles. The predicted octanol–water partition coefficient (Wildman–Crippen LogP) is 1.41. The van der Waals surface area contributed by atoms with Crippen molar-refractivity contribution in [1.29, 1.82) is 0 Å². The molecule has 16 heavy (non-hydrogen) atoms. The van der Waals surface area contributed by atoms with Crippen LogP contribution in [0, 0.1) is 0 Å². The van der Waals surface area contributed by atoms with E-state index in [-0.39, 0.29) is 12.5 Å².